The van der Waals surface area contributed by atoms with Gasteiger partial charge in [0.15, 0.2) is 0 Å². The molecule has 0 aliphatic heterocycles. The Bertz CT molecular complexity index is 308. The summed E-state index contributed by atoms with van der Waals surface area (Å²) in [6.07, 6.45) is 4.08. The van der Waals surface area contributed by atoms with Crippen molar-refractivity contribution >= 4 is 12.0 Å². The molecule has 0 aromatic rings. The van der Waals surface area contributed by atoms with Crippen molar-refractivity contribution in [3.63, 3.8) is 0 Å². The lowest BCUT2D eigenvalue weighted by Gasteiger charge is -2.24. The minimum atomic E-state index is -0.851. The zero-order valence-electron chi connectivity index (χ0n) is 9.53. The summed E-state index contributed by atoms with van der Waals surface area (Å²) in [5.74, 6) is -0.851. The van der Waals surface area contributed by atoms with Crippen LogP contribution >= 0.6 is 0 Å². The van der Waals surface area contributed by atoms with Crippen molar-refractivity contribution in [2.75, 3.05) is 6.54 Å². The Kier molecular flexibility index (Phi) is 2.78. The van der Waals surface area contributed by atoms with Gasteiger partial charge in [-0.1, -0.05) is 0 Å². The third-order valence-corrected chi connectivity index (χ3v) is 3.22. The molecule has 0 aromatic carbocycles. The van der Waals surface area contributed by atoms with E-state index in [1.807, 2.05) is 6.92 Å². The number of carboxylic acids is 1. The lowest BCUT2D eigenvalue weighted by Crippen LogP contribution is -2.46. The number of carboxylic acid groups (broad SMARTS) is 1. The van der Waals surface area contributed by atoms with Gasteiger partial charge in [0, 0.05) is 18.1 Å². The number of hydrogen-bond acceptors (Lipinski definition) is 2. The third kappa shape index (κ3) is 2.87. The van der Waals surface area contributed by atoms with Gasteiger partial charge in [0.2, 0.25) is 0 Å². The summed E-state index contributed by atoms with van der Waals surface area (Å²) in [5.41, 5.74) is -0.0343. The molecule has 0 spiro atoms. The maximum atomic E-state index is 11.9. The van der Waals surface area contributed by atoms with E-state index in [-0.39, 0.29) is 24.0 Å². The van der Waals surface area contributed by atoms with Gasteiger partial charge >= 0.3 is 12.0 Å². The third-order valence-electron chi connectivity index (χ3n) is 3.22. The molecule has 0 saturated heterocycles. The van der Waals surface area contributed by atoms with Crippen molar-refractivity contribution < 1.29 is 14.7 Å². The molecule has 2 rings (SSSR count). The molecule has 2 aliphatic carbocycles. The van der Waals surface area contributed by atoms with Crippen LogP contribution in [0.25, 0.3) is 0 Å². The van der Waals surface area contributed by atoms with Crippen molar-refractivity contribution in [1.82, 2.24) is 10.2 Å². The maximum absolute atomic E-state index is 11.9. The minimum Gasteiger partial charge on any atom is -0.481 e. The van der Waals surface area contributed by atoms with Crippen LogP contribution < -0.4 is 5.32 Å². The number of urea groups is 1. The highest BCUT2D eigenvalue weighted by Gasteiger charge is 2.41. The van der Waals surface area contributed by atoms with Crippen molar-refractivity contribution in [2.45, 2.75) is 50.6 Å². The molecule has 0 bridgehead atoms. The van der Waals surface area contributed by atoms with Crippen molar-refractivity contribution in [3.8, 4) is 0 Å². The monoisotopic (exact) mass is 226 g/mol. The smallest absolute Gasteiger partial charge is 0.318 e. The Morgan fingerprint density at radius 2 is 2.06 bits per heavy atom. The van der Waals surface area contributed by atoms with Crippen LogP contribution in [0, 0.1) is 0 Å². The van der Waals surface area contributed by atoms with Gasteiger partial charge in [-0.15, -0.1) is 0 Å². The van der Waals surface area contributed by atoms with E-state index in [1.54, 1.807) is 4.90 Å². The summed E-state index contributed by atoms with van der Waals surface area (Å²) >= 11 is 0. The van der Waals surface area contributed by atoms with Crippen molar-refractivity contribution in [2.24, 2.45) is 0 Å². The van der Waals surface area contributed by atoms with Crippen molar-refractivity contribution in [1.29, 1.82) is 0 Å². The predicted molar refractivity (Wildman–Crippen MR) is 58.2 cm³/mol. The topological polar surface area (TPSA) is 69.6 Å². The van der Waals surface area contributed by atoms with Crippen LogP contribution in [-0.2, 0) is 4.79 Å². The molecule has 0 radical (unpaired) electrons. The van der Waals surface area contributed by atoms with Crippen LogP contribution in [0.15, 0.2) is 0 Å². The molecule has 2 saturated carbocycles. The number of aliphatic carboxylic acids is 1. The number of carbonyl (C=O) groups is 2. The van der Waals surface area contributed by atoms with Crippen LogP contribution in [0.4, 0.5) is 4.79 Å². The lowest BCUT2D eigenvalue weighted by atomic mass is 10.3. The summed E-state index contributed by atoms with van der Waals surface area (Å²) in [4.78, 5) is 24.1. The van der Waals surface area contributed by atoms with E-state index in [0.717, 1.165) is 25.7 Å². The molecule has 0 aromatic heterocycles. The normalized spacial score (nSPS) is 21.3. The standard InChI is InChI=1S/C11H18N2O3/c1-11(5-6-11)12-10(16)13(8-2-3-8)7-4-9(14)15/h8H,2-7H2,1H3,(H,12,16)(H,14,15). The molecule has 0 atom stereocenters. The zero-order valence-corrected chi connectivity index (χ0v) is 9.53. The fourth-order valence-electron chi connectivity index (χ4n) is 1.69. The first kappa shape index (κ1) is 11.2. The molecule has 2 fully saturated rings. The maximum Gasteiger partial charge on any atom is 0.318 e. The molecule has 2 amide bonds. The highest BCUT2D eigenvalue weighted by atomic mass is 16.4. The van der Waals surface area contributed by atoms with E-state index in [1.165, 1.54) is 0 Å². The van der Waals surface area contributed by atoms with E-state index in [4.69, 9.17) is 5.11 Å². The number of carbonyl (C=O) groups excluding carboxylic acids is 1. The second-order valence-electron chi connectivity index (χ2n) is 5.06. The fraction of sp³-hybridized carbons (Fsp3) is 0.818. The molecule has 2 N–H and O–H groups in total. The van der Waals surface area contributed by atoms with E-state index >= 15 is 0 Å². The molecule has 5 nitrogen and oxygen atoms in total. The summed E-state index contributed by atoms with van der Waals surface area (Å²) in [6, 6.07) is 0.172. The van der Waals surface area contributed by atoms with Gasteiger partial charge in [-0.25, -0.2) is 4.79 Å². The first-order valence-electron chi connectivity index (χ1n) is 5.81. The average Bonchev–Trinajstić information content (AvgIpc) is 3.04. The van der Waals surface area contributed by atoms with E-state index in [9.17, 15) is 9.59 Å². The highest BCUT2D eigenvalue weighted by molar-refractivity contribution is 5.77. The van der Waals surface area contributed by atoms with Gasteiger partial charge in [-0.2, -0.15) is 0 Å². The fourth-order valence-corrected chi connectivity index (χ4v) is 1.69. The van der Waals surface area contributed by atoms with Gasteiger partial charge in [0.1, 0.15) is 0 Å². The predicted octanol–water partition coefficient (Wildman–Crippen LogP) is 1.19. The summed E-state index contributed by atoms with van der Waals surface area (Å²) in [6.45, 7) is 2.34. The van der Waals surface area contributed by atoms with Crippen LogP contribution in [0.1, 0.15) is 39.0 Å². The molecular formula is C11H18N2O3. The lowest BCUT2D eigenvalue weighted by molar-refractivity contribution is -0.137. The zero-order chi connectivity index (χ0) is 11.8. The summed E-state index contributed by atoms with van der Waals surface area (Å²) in [7, 11) is 0. The van der Waals surface area contributed by atoms with Gasteiger partial charge in [0.05, 0.1) is 6.42 Å². The van der Waals surface area contributed by atoms with Crippen LogP contribution in [0.3, 0.4) is 0 Å². The van der Waals surface area contributed by atoms with Gasteiger partial charge in [-0.05, 0) is 32.6 Å². The number of nitrogens with one attached hydrogen (secondary N) is 1. The van der Waals surface area contributed by atoms with Crippen LogP contribution in [0.2, 0.25) is 0 Å². The van der Waals surface area contributed by atoms with Crippen LogP contribution in [0.5, 0.6) is 0 Å². The highest BCUT2D eigenvalue weighted by Crippen LogP contribution is 2.35. The first-order valence-corrected chi connectivity index (χ1v) is 5.81. The number of amides is 2. The van der Waals surface area contributed by atoms with Gasteiger partial charge < -0.3 is 15.3 Å². The second kappa shape index (κ2) is 3.96. The largest absolute Gasteiger partial charge is 0.481 e. The Morgan fingerprint density at radius 3 is 2.50 bits per heavy atom. The number of hydrogen-bond donors (Lipinski definition) is 2. The Balaban J connectivity index is 1.85. The molecule has 90 valence electrons. The van der Waals surface area contributed by atoms with Crippen LogP contribution in [-0.4, -0.2) is 40.1 Å². The Morgan fingerprint density at radius 1 is 1.44 bits per heavy atom. The molecular weight excluding hydrogens is 208 g/mol. The molecule has 0 heterocycles. The Hall–Kier alpha value is -1.26. The first-order chi connectivity index (χ1) is 7.50. The van der Waals surface area contributed by atoms with Gasteiger partial charge in [0.25, 0.3) is 0 Å². The Labute approximate surface area is 94.8 Å². The van der Waals surface area contributed by atoms with Crippen molar-refractivity contribution in [3.05, 3.63) is 0 Å². The molecule has 5 heteroatoms. The average molecular weight is 226 g/mol. The molecule has 0 unspecified atom stereocenters. The van der Waals surface area contributed by atoms with E-state index in [2.05, 4.69) is 5.32 Å². The summed E-state index contributed by atoms with van der Waals surface area (Å²) in [5, 5.41) is 11.6. The quantitative estimate of drug-likeness (QED) is 0.739. The SMILES string of the molecule is CC1(NC(=O)N(CCC(=O)O)C2CC2)CC1. The van der Waals surface area contributed by atoms with E-state index < -0.39 is 5.97 Å². The van der Waals surface area contributed by atoms with E-state index in [0.29, 0.717) is 6.54 Å². The number of rotatable bonds is 5. The molecule has 2 aliphatic rings. The molecule has 16 heavy (non-hydrogen) atoms. The van der Waals surface area contributed by atoms with Gasteiger partial charge in [-0.3, -0.25) is 4.79 Å². The summed E-state index contributed by atoms with van der Waals surface area (Å²) < 4.78 is 0. The number of nitrogens with zero attached hydrogens (tertiary/aromatic N) is 1. The minimum absolute atomic E-state index is 0.0284. The second-order valence-corrected chi connectivity index (χ2v) is 5.06.